The van der Waals surface area contributed by atoms with E-state index in [-0.39, 0.29) is 11.4 Å². The second-order valence-electron chi connectivity index (χ2n) is 9.68. The van der Waals surface area contributed by atoms with Crippen LogP contribution in [0, 0.1) is 17.8 Å². The minimum Gasteiger partial charge on any atom is -0.472 e. The van der Waals surface area contributed by atoms with Crippen LogP contribution in [0.1, 0.15) is 48.0 Å². The average Bonchev–Trinajstić information content (AvgIpc) is 3.39. The van der Waals surface area contributed by atoms with Crippen molar-refractivity contribution >= 4 is 17.5 Å². The van der Waals surface area contributed by atoms with E-state index in [2.05, 4.69) is 10.4 Å². The van der Waals surface area contributed by atoms with Gasteiger partial charge in [0.05, 0.1) is 11.9 Å². The lowest BCUT2D eigenvalue weighted by Crippen LogP contribution is -2.49. The van der Waals surface area contributed by atoms with Crippen LogP contribution in [-0.4, -0.2) is 21.2 Å². The highest BCUT2D eigenvalue weighted by molar-refractivity contribution is 6.30. The molecule has 5 nitrogen and oxygen atoms in total. The molecule has 4 aliphatic rings. The zero-order valence-electron chi connectivity index (χ0n) is 17.8. The summed E-state index contributed by atoms with van der Waals surface area (Å²) in [5, 5.41) is 8.62. The maximum Gasteiger partial charge on any atom is 0.258 e. The molecule has 0 aliphatic heterocycles. The van der Waals surface area contributed by atoms with Gasteiger partial charge >= 0.3 is 0 Å². The molecule has 1 amide bonds. The fraction of sp³-hybridized carbons (Fsp3) is 0.385. The number of ether oxygens (including phenoxy) is 1. The smallest absolute Gasteiger partial charge is 0.258 e. The Labute approximate surface area is 192 Å². The second-order valence-corrected chi connectivity index (χ2v) is 10.1. The van der Waals surface area contributed by atoms with Crippen molar-refractivity contribution in [3.05, 3.63) is 76.9 Å². The Morgan fingerprint density at radius 2 is 1.78 bits per heavy atom. The maximum absolute atomic E-state index is 13.5. The molecule has 1 heterocycles. The first-order valence-corrected chi connectivity index (χ1v) is 11.8. The van der Waals surface area contributed by atoms with Gasteiger partial charge in [-0.3, -0.25) is 4.79 Å². The third-order valence-electron chi connectivity index (χ3n) is 7.61. The van der Waals surface area contributed by atoms with Gasteiger partial charge in [-0.05, 0) is 79.7 Å². The number of benzene rings is 2. The van der Waals surface area contributed by atoms with Crippen molar-refractivity contribution in [1.29, 1.82) is 0 Å². The quantitative estimate of drug-likeness (QED) is 0.549. The van der Waals surface area contributed by atoms with Crippen molar-refractivity contribution < 1.29 is 9.53 Å². The molecular weight excluding hydrogens is 422 g/mol. The van der Waals surface area contributed by atoms with E-state index in [1.807, 2.05) is 54.6 Å². The van der Waals surface area contributed by atoms with Gasteiger partial charge in [-0.1, -0.05) is 41.9 Å². The summed E-state index contributed by atoms with van der Waals surface area (Å²) in [5.41, 5.74) is 2.28. The highest BCUT2D eigenvalue weighted by Crippen LogP contribution is 2.60. The minimum absolute atomic E-state index is 0.0380. The van der Waals surface area contributed by atoms with Crippen molar-refractivity contribution in [2.24, 2.45) is 17.8 Å². The Hall–Kier alpha value is -2.79. The predicted molar refractivity (Wildman–Crippen MR) is 123 cm³/mol. The van der Waals surface area contributed by atoms with Crippen LogP contribution in [0.3, 0.4) is 0 Å². The fourth-order valence-corrected chi connectivity index (χ4v) is 6.54. The summed E-state index contributed by atoms with van der Waals surface area (Å²) < 4.78 is 7.89. The number of nitrogens with one attached hydrogen (secondary N) is 1. The Morgan fingerprint density at radius 3 is 2.50 bits per heavy atom. The summed E-state index contributed by atoms with van der Waals surface area (Å²) in [4.78, 5) is 13.5. The molecule has 164 valence electrons. The van der Waals surface area contributed by atoms with Crippen molar-refractivity contribution in [1.82, 2.24) is 15.1 Å². The molecule has 0 spiro atoms. The third-order valence-corrected chi connectivity index (χ3v) is 7.86. The summed E-state index contributed by atoms with van der Waals surface area (Å²) in [5.74, 6) is 2.55. The number of amides is 1. The monoisotopic (exact) mass is 447 g/mol. The number of carbonyl (C=O) groups excluding carboxylic acids is 1. The van der Waals surface area contributed by atoms with Gasteiger partial charge in [0, 0.05) is 10.6 Å². The summed E-state index contributed by atoms with van der Waals surface area (Å²) in [6.07, 6.45) is 7.72. The van der Waals surface area contributed by atoms with Gasteiger partial charge in [-0.15, -0.1) is 0 Å². The molecule has 0 saturated heterocycles. The van der Waals surface area contributed by atoms with Crippen LogP contribution in [0.15, 0.2) is 60.8 Å². The zero-order valence-corrected chi connectivity index (χ0v) is 18.6. The van der Waals surface area contributed by atoms with Gasteiger partial charge in [0.2, 0.25) is 5.88 Å². The molecule has 6 heteroatoms. The average molecular weight is 448 g/mol. The van der Waals surface area contributed by atoms with Gasteiger partial charge in [0.1, 0.15) is 12.2 Å². The summed E-state index contributed by atoms with van der Waals surface area (Å²) in [6, 6.07) is 17.3. The SMILES string of the molecule is O=C(NC12CC3CC(CC1C3)C2)c1cnn(-c2ccc(Cl)cc2)c1OCc1ccccc1. The van der Waals surface area contributed by atoms with Crippen LogP contribution < -0.4 is 10.1 Å². The largest absolute Gasteiger partial charge is 0.472 e. The normalized spacial score (nSPS) is 27.6. The van der Waals surface area contributed by atoms with E-state index in [1.165, 1.54) is 19.3 Å². The Balaban J connectivity index is 1.31. The third kappa shape index (κ3) is 3.39. The number of aromatic nitrogens is 2. The molecule has 4 saturated carbocycles. The molecular formula is C26H26ClN3O2. The maximum atomic E-state index is 13.5. The van der Waals surface area contributed by atoms with E-state index in [4.69, 9.17) is 16.3 Å². The van der Waals surface area contributed by atoms with Crippen LogP contribution in [0.4, 0.5) is 0 Å². The standard InChI is InChI=1S/C26H26ClN3O2/c27-21-6-8-22(9-7-21)30-25(32-16-17-4-2-1-3-5-17)23(15-28-30)24(31)29-26-13-18-10-19(14-26)12-20(26)11-18/h1-9,15,18-20H,10-14,16H2,(H,29,31). The number of hydrogen-bond acceptors (Lipinski definition) is 3. The van der Waals surface area contributed by atoms with E-state index in [1.54, 1.807) is 10.9 Å². The number of halogens is 1. The molecule has 4 aliphatic carbocycles. The van der Waals surface area contributed by atoms with Crippen LogP contribution in [-0.2, 0) is 6.61 Å². The molecule has 32 heavy (non-hydrogen) atoms. The molecule has 2 atom stereocenters. The van der Waals surface area contributed by atoms with Gasteiger partial charge in [0.15, 0.2) is 0 Å². The Bertz CT molecular complexity index is 1130. The van der Waals surface area contributed by atoms with Crippen LogP contribution >= 0.6 is 11.6 Å². The van der Waals surface area contributed by atoms with Gasteiger partial charge < -0.3 is 10.1 Å². The van der Waals surface area contributed by atoms with Crippen molar-refractivity contribution in [3.63, 3.8) is 0 Å². The van der Waals surface area contributed by atoms with Crippen LogP contribution in [0.5, 0.6) is 5.88 Å². The second kappa shape index (κ2) is 7.66. The summed E-state index contributed by atoms with van der Waals surface area (Å²) in [7, 11) is 0. The van der Waals surface area contributed by atoms with Crippen molar-refractivity contribution in [2.75, 3.05) is 0 Å². The molecule has 3 aromatic rings. The minimum atomic E-state index is -0.0820. The first-order valence-electron chi connectivity index (χ1n) is 11.4. The molecule has 2 unspecified atom stereocenters. The molecule has 4 bridgehead atoms. The predicted octanol–water partition coefficient (Wildman–Crippen LogP) is 5.41. The summed E-state index contributed by atoms with van der Waals surface area (Å²) >= 11 is 6.07. The first-order chi connectivity index (χ1) is 15.6. The molecule has 7 rings (SSSR count). The van der Waals surface area contributed by atoms with Gasteiger partial charge in [-0.2, -0.15) is 5.10 Å². The lowest BCUT2D eigenvalue weighted by Gasteiger charge is -2.33. The van der Waals surface area contributed by atoms with E-state index < -0.39 is 0 Å². The zero-order chi connectivity index (χ0) is 21.7. The molecule has 2 aromatic carbocycles. The van der Waals surface area contributed by atoms with Crippen molar-refractivity contribution in [3.8, 4) is 11.6 Å². The number of rotatable bonds is 6. The van der Waals surface area contributed by atoms with Gasteiger partial charge in [0.25, 0.3) is 5.91 Å². The van der Waals surface area contributed by atoms with Crippen molar-refractivity contribution in [2.45, 2.75) is 44.2 Å². The molecule has 1 N–H and O–H groups in total. The number of nitrogens with zero attached hydrogens (tertiary/aromatic N) is 2. The number of carbonyl (C=O) groups is 1. The Morgan fingerprint density at radius 1 is 1.06 bits per heavy atom. The lowest BCUT2D eigenvalue weighted by atomic mass is 9.80. The Kier molecular flexibility index (Phi) is 4.76. The summed E-state index contributed by atoms with van der Waals surface area (Å²) in [6.45, 7) is 0.359. The molecule has 0 radical (unpaired) electrons. The molecule has 4 fully saturated rings. The highest BCUT2D eigenvalue weighted by atomic mass is 35.5. The molecule has 1 aromatic heterocycles. The topological polar surface area (TPSA) is 56.2 Å². The van der Waals surface area contributed by atoms with Crippen LogP contribution in [0.25, 0.3) is 5.69 Å². The fourth-order valence-electron chi connectivity index (χ4n) is 6.42. The van der Waals surface area contributed by atoms with E-state index >= 15 is 0 Å². The first kappa shape index (κ1) is 19.9. The highest BCUT2D eigenvalue weighted by Gasteiger charge is 2.58. The van der Waals surface area contributed by atoms with E-state index in [0.29, 0.717) is 29.0 Å². The van der Waals surface area contributed by atoms with E-state index in [0.717, 1.165) is 35.9 Å². The number of hydrogen-bond donors (Lipinski definition) is 1. The van der Waals surface area contributed by atoms with Gasteiger partial charge in [-0.25, -0.2) is 4.68 Å². The van der Waals surface area contributed by atoms with Crippen LogP contribution in [0.2, 0.25) is 5.02 Å². The lowest BCUT2D eigenvalue weighted by molar-refractivity contribution is 0.0870. The van der Waals surface area contributed by atoms with E-state index in [9.17, 15) is 4.79 Å².